The fraction of sp³-hybridized carbons (Fsp3) is 0.318. The number of anilines is 2. The van der Waals surface area contributed by atoms with E-state index in [1.54, 1.807) is 40.5 Å². The van der Waals surface area contributed by atoms with Crippen molar-refractivity contribution in [1.29, 1.82) is 0 Å². The summed E-state index contributed by atoms with van der Waals surface area (Å²) in [6, 6.07) is 7.31. The minimum Gasteiger partial charge on any atom is -0.361 e. The lowest BCUT2D eigenvalue weighted by Gasteiger charge is -2.45. The van der Waals surface area contributed by atoms with Gasteiger partial charge in [0.05, 0.1) is 21.9 Å². The summed E-state index contributed by atoms with van der Waals surface area (Å²) in [6.07, 6.45) is 3.65. The van der Waals surface area contributed by atoms with Gasteiger partial charge in [0, 0.05) is 44.5 Å². The van der Waals surface area contributed by atoms with Gasteiger partial charge in [0.25, 0.3) is 11.4 Å². The van der Waals surface area contributed by atoms with Crippen LogP contribution in [0.4, 0.5) is 17.3 Å². The second-order valence-electron chi connectivity index (χ2n) is 8.13. The Bertz CT molecular complexity index is 1450. The Morgan fingerprint density at radius 3 is 2.66 bits per heavy atom. The molecule has 9 nitrogen and oxygen atoms in total. The van der Waals surface area contributed by atoms with Crippen LogP contribution in [-0.2, 0) is 7.05 Å². The van der Waals surface area contributed by atoms with Gasteiger partial charge in [0.2, 0.25) is 5.52 Å². The molecule has 0 spiro atoms. The van der Waals surface area contributed by atoms with E-state index in [0.717, 1.165) is 33.7 Å². The zero-order valence-electron chi connectivity index (χ0n) is 17.9. The van der Waals surface area contributed by atoms with Crippen molar-refractivity contribution < 1.29 is 0 Å². The van der Waals surface area contributed by atoms with E-state index in [-0.39, 0.29) is 17.6 Å². The first-order chi connectivity index (χ1) is 15.4. The van der Waals surface area contributed by atoms with E-state index < -0.39 is 0 Å². The quantitative estimate of drug-likeness (QED) is 0.399. The van der Waals surface area contributed by atoms with Crippen molar-refractivity contribution >= 4 is 49.9 Å². The van der Waals surface area contributed by atoms with E-state index in [1.807, 2.05) is 12.3 Å². The molecule has 0 bridgehead atoms. The summed E-state index contributed by atoms with van der Waals surface area (Å²) in [4.78, 5) is 30.0. The van der Waals surface area contributed by atoms with Crippen molar-refractivity contribution in [3.63, 3.8) is 0 Å². The van der Waals surface area contributed by atoms with Gasteiger partial charge in [-0.05, 0) is 48.0 Å². The van der Waals surface area contributed by atoms with Crippen molar-refractivity contribution in [2.45, 2.75) is 25.9 Å². The van der Waals surface area contributed by atoms with Gasteiger partial charge in [0.15, 0.2) is 5.65 Å². The van der Waals surface area contributed by atoms with Crippen LogP contribution in [0.2, 0.25) is 0 Å². The maximum atomic E-state index is 12.7. The number of halogens is 1. The number of hydrogen-bond acceptors (Lipinski definition) is 6. The molecule has 32 heavy (non-hydrogen) atoms. The Kier molecular flexibility index (Phi) is 4.86. The van der Waals surface area contributed by atoms with Gasteiger partial charge in [-0.2, -0.15) is 5.10 Å². The molecule has 5 rings (SSSR count). The van der Waals surface area contributed by atoms with Crippen LogP contribution in [0.15, 0.2) is 45.9 Å². The van der Waals surface area contributed by atoms with Crippen LogP contribution in [0.5, 0.6) is 0 Å². The highest BCUT2D eigenvalue weighted by Crippen LogP contribution is 2.31. The van der Waals surface area contributed by atoms with E-state index in [9.17, 15) is 4.79 Å². The Labute approximate surface area is 192 Å². The van der Waals surface area contributed by atoms with E-state index in [2.05, 4.69) is 54.5 Å². The highest BCUT2D eigenvalue weighted by Gasteiger charge is 2.32. The van der Waals surface area contributed by atoms with Crippen LogP contribution in [0.1, 0.15) is 13.8 Å². The molecule has 0 aliphatic carbocycles. The molecule has 4 aromatic rings. The summed E-state index contributed by atoms with van der Waals surface area (Å²) in [7, 11) is 1.73. The fourth-order valence-electron chi connectivity index (χ4n) is 4.36. The van der Waals surface area contributed by atoms with Gasteiger partial charge < -0.3 is 19.2 Å². The Morgan fingerprint density at radius 1 is 1.12 bits per heavy atom. The topological polar surface area (TPSA) is 75.9 Å². The molecule has 0 N–H and O–H groups in total. The summed E-state index contributed by atoms with van der Waals surface area (Å²) < 4.78 is 4.17. The second-order valence-corrected chi connectivity index (χ2v) is 8.98. The third-order valence-corrected chi connectivity index (χ3v) is 6.63. The van der Waals surface area contributed by atoms with Crippen LogP contribution >= 0.6 is 15.9 Å². The van der Waals surface area contributed by atoms with Crippen LogP contribution in [0.25, 0.3) is 21.5 Å². The number of piperazine rings is 1. The number of rotatable bonds is 2. The smallest absolute Gasteiger partial charge is 0.270 e. The third-order valence-electron chi connectivity index (χ3n) is 6.07. The molecule has 1 aliphatic rings. The molecule has 0 aromatic carbocycles. The summed E-state index contributed by atoms with van der Waals surface area (Å²) in [5.74, 6) is 1.21. The number of pyridine rings is 2. The van der Waals surface area contributed by atoms with Crippen LogP contribution in [0, 0.1) is 6.57 Å². The van der Waals surface area contributed by atoms with Gasteiger partial charge in [-0.3, -0.25) is 4.79 Å². The van der Waals surface area contributed by atoms with Crippen LogP contribution < -0.4 is 15.4 Å². The van der Waals surface area contributed by atoms with Gasteiger partial charge >= 0.3 is 0 Å². The van der Waals surface area contributed by atoms with Crippen molar-refractivity contribution in [3.8, 4) is 0 Å². The van der Waals surface area contributed by atoms with Crippen molar-refractivity contribution in [1.82, 2.24) is 24.1 Å². The lowest BCUT2D eigenvalue weighted by Crippen LogP contribution is -2.57. The first-order valence-electron chi connectivity index (χ1n) is 10.3. The maximum absolute atomic E-state index is 12.7. The summed E-state index contributed by atoms with van der Waals surface area (Å²) in [5, 5.41) is 4.27. The number of hydrogen-bond donors (Lipinski definition) is 0. The fourth-order valence-corrected chi connectivity index (χ4v) is 4.72. The molecule has 0 saturated carbocycles. The second kappa shape index (κ2) is 7.60. The van der Waals surface area contributed by atoms with Crippen LogP contribution in [-0.4, -0.2) is 49.3 Å². The van der Waals surface area contributed by atoms with E-state index in [4.69, 9.17) is 11.6 Å². The predicted octanol–water partition coefficient (Wildman–Crippen LogP) is 3.39. The Balaban J connectivity index is 1.54. The molecule has 4 aromatic heterocycles. The molecule has 2 atom stereocenters. The normalized spacial score (nSPS) is 19.0. The van der Waals surface area contributed by atoms with Crippen molar-refractivity contribution in [2.24, 2.45) is 7.05 Å². The molecule has 0 radical (unpaired) electrons. The predicted molar refractivity (Wildman–Crippen MR) is 128 cm³/mol. The molecule has 5 heterocycles. The van der Waals surface area contributed by atoms with Gasteiger partial charge in [0.1, 0.15) is 5.82 Å². The summed E-state index contributed by atoms with van der Waals surface area (Å²) in [6.45, 7) is 13.1. The third kappa shape index (κ3) is 3.20. The van der Waals surface area contributed by atoms with Gasteiger partial charge in [-0.1, -0.05) is 6.57 Å². The van der Waals surface area contributed by atoms with E-state index in [1.165, 1.54) is 0 Å². The average molecular weight is 493 g/mol. The summed E-state index contributed by atoms with van der Waals surface area (Å²) in [5.41, 5.74) is 2.85. The number of aryl methyl sites for hydroxylation is 1. The zero-order chi connectivity index (χ0) is 22.6. The molecule has 1 saturated heterocycles. The molecule has 162 valence electrons. The number of nitrogens with zero attached hydrogens (tertiary/aromatic N) is 8. The summed E-state index contributed by atoms with van der Waals surface area (Å²) >= 11 is 3.51. The minimum absolute atomic E-state index is 0.0927. The number of fused-ring (bicyclic) bond motifs is 2. The van der Waals surface area contributed by atoms with Gasteiger partial charge in [-0.25, -0.2) is 9.50 Å². The monoisotopic (exact) mass is 492 g/mol. The maximum Gasteiger partial charge on any atom is 0.270 e. The Hall–Kier alpha value is -3.45. The standard InChI is InChI=1S/C22H21BrN8O/c1-13-12-30(19-7-8-31-22(27-19)15(23)10-25-31)14(2)11-29(13)17-9-20(32)28(4)16-5-6-18(24-3)26-21(16)17/h5-10,13-14H,11-12H2,1-2,4H3/t13-,14+/m0/s1. The average Bonchev–Trinajstić information content (AvgIpc) is 3.17. The number of aromatic nitrogens is 5. The minimum atomic E-state index is -0.0927. The molecular weight excluding hydrogens is 472 g/mol. The highest BCUT2D eigenvalue weighted by molar-refractivity contribution is 9.10. The molecule has 0 unspecified atom stereocenters. The molecule has 10 heteroatoms. The SMILES string of the molecule is [C-]#[N+]c1ccc2c(n1)c(N1C[C@@H](C)N(c3ccn4ncc(Br)c4n3)C[C@@H]1C)cc(=O)n2C. The zero-order valence-corrected chi connectivity index (χ0v) is 19.5. The molecular formula is C22H21BrN8O. The van der Waals surface area contributed by atoms with Crippen molar-refractivity contribution in [2.75, 3.05) is 22.9 Å². The van der Waals surface area contributed by atoms with Gasteiger partial charge in [-0.15, -0.1) is 4.98 Å². The molecule has 1 aliphatic heterocycles. The highest BCUT2D eigenvalue weighted by atomic mass is 79.9. The lowest BCUT2D eigenvalue weighted by atomic mass is 10.1. The first-order valence-corrected chi connectivity index (χ1v) is 11.1. The molecule has 0 amide bonds. The largest absolute Gasteiger partial charge is 0.361 e. The Morgan fingerprint density at radius 2 is 1.88 bits per heavy atom. The lowest BCUT2D eigenvalue weighted by molar-refractivity contribution is 0.478. The van der Waals surface area contributed by atoms with E-state index >= 15 is 0 Å². The first kappa shape index (κ1) is 20.5. The van der Waals surface area contributed by atoms with E-state index in [0.29, 0.717) is 17.9 Å². The van der Waals surface area contributed by atoms with Crippen LogP contribution in [0.3, 0.4) is 0 Å². The molecule has 1 fully saturated rings. The van der Waals surface area contributed by atoms with Crippen molar-refractivity contribution in [3.05, 3.63) is 62.9 Å².